The summed E-state index contributed by atoms with van der Waals surface area (Å²) in [5.41, 5.74) is 0.964. The third kappa shape index (κ3) is 4.37. The van der Waals surface area contributed by atoms with Crippen LogP contribution in [0.4, 0.5) is 0 Å². The van der Waals surface area contributed by atoms with Crippen LogP contribution in [0.2, 0.25) is 0 Å². The van der Waals surface area contributed by atoms with Gasteiger partial charge in [0.2, 0.25) is 11.7 Å². The van der Waals surface area contributed by atoms with Crippen LogP contribution in [0, 0.1) is 0 Å². The van der Waals surface area contributed by atoms with E-state index in [4.69, 9.17) is 9.32 Å². The van der Waals surface area contributed by atoms with Gasteiger partial charge in [0.1, 0.15) is 0 Å². The molecule has 0 saturated heterocycles. The highest BCUT2D eigenvalue weighted by Gasteiger charge is 2.21. The molecule has 0 N–H and O–H groups in total. The van der Waals surface area contributed by atoms with Gasteiger partial charge in [0, 0.05) is 23.9 Å². The van der Waals surface area contributed by atoms with Crippen LogP contribution >= 0.6 is 0 Å². The van der Waals surface area contributed by atoms with Crippen molar-refractivity contribution in [3.05, 3.63) is 30.4 Å². The Bertz CT molecular complexity index is 536. The molecular weight excluding hydrogens is 270 g/mol. The minimum absolute atomic E-state index is 0.375. The zero-order chi connectivity index (χ0) is 14.9. The minimum atomic E-state index is 0.375. The number of pyridine rings is 1. The van der Waals surface area contributed by atoms with E-state index in [9.17, 15) is 0 Å². The maximum absolute atomic E-state index is 8.95. The highest BCUT2D eigenvalue weighted by Crippen LogP contribution is 2.32. The average Bonchev–Trinajstić information content (AvgIpc) is 3.07. The van der Waals surface area contributed by atoms with Crippen molar-refractivity contribution in [2.24, 2.45) is 0 Å². The second-order valence-electron chi connectivity index (χ2n) is 4.86. The van der Waals surface area contributed by atoms with Crippen LogP contribution in [0.5, 0.6) is 0 Å². The van der Waals surface area contributed by atoms with Gasteiger partial charge in [-0.05, 0) is 25.0 Å². The van der Waals surface area contributed by atoms with Crippen LogP contribution in [0.25, 0.3) is 11.4 Å². The topological polar surface area (TPSA) is 78.1 Å². The molecule has 2 aromatic heterocycles. The van der Waals surface area contributed by atoms with E-state index in [1.54, 1.807) is 12.4 Å². The Kier molecular flexibility index (Phi) is 5.87. The van der Waals surface area contributed by atoms with Gasteiger partial charge in [-0.2, -0.15) is 4.98 Å². The monoisotopic (exact) mass is 289 g/mol. The summed E-state index contributed by atoms with van der Waals surface area (Å²) in [5, 5.41) is 4.05. The highest BCUT2D eigenvalue weighted by molar-refractivity contribution is 5.52. The Balaban J connectivity index is 0.000000361. The summed E-state index contributed by atoms with van der Waals surface area (Å²) in [6.45, 7) is 0.375. The van der Waals surface area contributed by atoms with Crippen LogP contribution < -0.4 is 0 Å². The Hall–Kier alpha value is -2.24. The summed E-state index contributed by atoms with van der Waals surface area (Å²) in [4.78, 5) is 17.4. The predicted molar refractivity (Wildman–Crippen MR) is 76.4 cm³/mol. The normalized spacial score (nSPS) is 14.9. The fraction of sp³-hybridized carbons (Fsp3) is 0.467. The van der Waals surface area contributed by atoms with Crippen molar-refractivity contribution in [2.45, 2.75) is 38.0 Å². The molecule has 6 heteroatoms. The third-order valence-electron chi connectivity index (χ3n) is 3.43. The van der Waals surface area contributed by atoms with Gasteiger partial charge in [-0.3, -0.25) is 9.78 Å². The molecule has 0 radical (unpaired) electrons. The van der Waals surface area contributed by atoms with Crippen molar-refractivity contribution in [2.75, 3.05) is 7.11 Å². The van der Waals surface area contributed by atoms with Gasteiger partial charge in [0.05, 0.1) is 7.11 Å². The fourth-order valence-electron chi connectivity index (χ4n) is 2.37. The van der Waals surface area contributed by atoms with E-state index in [1.165, 1.54) is 39.2 Å². The van der Waals surface area contributed by atoms with Crippen molar-refractivity contribution >= 4 is 6.47 Å². The Morgan fingerprint density at radius 1 is 1.24 bits per heavy atom. The number of rotatable bonds is 3. The average molecular weight is 289 g/mol. The summed E-state index contributed by atoms with van der Waals surface area (Å²) in [6.07, 6.45) is 9.73. The Labute approximate surface area is 123 Å². The minimum Gasteiger partial charge on any atom is -0.471 e. The van der Waals surface area contributed by atoms with Crippen molar-refractivity contribution in [3.8, 4) is 11.4 Å². The van der Waals surface area contributed by atoms with Crippen molar-refractivity contribution in [1.29, 1.82) is 0 Å². The lowest BCUT2D eigenvalue weighted by Crippen LogP contribution is -2.04. The fourth-order valence-corrected chi connectivity index (χ4v) is 2.37. The summed E-state index contributed by atoms with van der Waals surface area (Å²) >= 11 is 0. The maximum Gasteiger partial charge on any atom is 0.292 e. The van der Waals surface area contributed by atoms with Crippen LogP contribution in [0.3, 0.4) is 0 Å². The zero-order valence-electron chi connectivity index (χ0n) is 12.1. The summed E-state index contributed by atoms with van der Waals surface area (Å²) in [7, 11) is 1.31. The van der Waals surface area contributed by atoms with Gasteiger partial charge in [0.25, 0.3) is 6.47 Å². The molecule has 21 heavy (non-hydrogen) atoms. The van der Waals surface area contributed by atoms with Gasteiger partial charge in [-0.15, -0.1) is 0 Å². The molecule has 0 aromatic carbocycles. The van der Waals surface area contributed by atoms with E-state index in [0.29, 0.717) is 18.2 Å². The lowest BCUT2D eigenvalue weighted by molar-refractivity contribution is -0.126. The molecule has 2 aromatic rings. The zero-order valence-corrected chi connectivity index (χ0v) is 12.1. The van der Waals surface area contributed by atoms with Crippen LogP contribution in [-0.4, -0.2) is 28.7 Å². The third-order valence-corrected chi connectivity index (χ3v) is 3.43. The lowest BCUT2D eigenvalue weighted by Gasteiger charge is -2.17. The van der Waals surface area contributed by atoms with E-state index >= 15 is 0 Å². The SMILES string of the molecule is COC=O.c1cc(-c2noc(C3CCCCC3)n2)ccn1. The lowest BCUT2D eigenvalue weighted by atomic mass is 9.89. The summed E-state index contributed by atoms with van der Waals surface area (Å²) < 4.78 is 9.24. The Morgan fingerprint density at radius 3 is 2.52 bits per heavy atom. The highest BCUT2D eigenvalue weighted by atomic mass is 16.5. The molecule has 1 saturated carbocycles. The standard InChI is InChI=1S/C13H15N3O.C2H4O2/c1-2-4-11(5-3-1)13-15-12(16-17-13)10-6-8-14-9-7-10;1-4-2-3/h6-9,11H,1-5H2;2H,1H3. The molecule has 112 valence electrons. The number of hydrogen-bond acceptors (Lipinski definition) is 6. The number of ether oxygens (including phenoxy) is 1. The van der Waals surface area contributed by atoms with E-state index in [0.717, 1.165) is 11.5 Å². The second-order valence-corrected chi connectivity index (χ2v) is 4.86. The quantitative estimate of drug-likeness (QED) is 0.808. The first-order valence-corrected chi connectivity index (χ1v) is 7.05. The molecule has 0 atom stereocenters. The van der Waals surface area contributed by atoms with Gasteiger partial charge in [0.15, 0.2) is 0 Å². The molecule has 2 heterocycles. The number of carbonyl (C=O) groups excluding carboxylic acids is 1. The Morgan fingerprint density at radius 2 is 1.90 bits per heavy atom. The summed E-state index contributed by atoms with van der Waals surface area (Å²) in [5.74, 6) is 1.94. The molecule has 0 unspecified atom stereocenters. The van der Waals surface area contributed by atoms with E-state index in [2.05, 4.69) is 19.9 Å². The molecule has 3 rings (SSSR count). The van der Waals surface area contributed by atoms with Gasteiger partial charge in [-0.25, -0.2) is 0 Å². The first-order valence-electron chi connectivity index (χ1n) is 7.05. The first-order chi connectivity index (χ1) is 10.3. The summed E-state index contributed by atoms with van der Waals surface area (Å²) in [6, 6.07) is 3.80. The largest absolute Gasteiger partial charge is 0.471 e. The molecule has 0 bridgehead atoms. The van der Waals surface area contributed by atoms with E-state index < -0.39 is 0 Å². The molecule has 0 amide bonds. The first kappa shape index (κ1) is 15.2. The molecular formula is C15H19N3O3. The van der Waals surface area contributed by atoms with Crippen LogP contribution in [-0.2, 0) is 9.53 Å². The number of methoxy groups -OCH3 is 1. The van der Waals surface area contributed by atoms with Crippen LogP contribution in [0.15, 0.2) is 29.0 Å². The maximum atomic E-state index is 8.95. The molecule has 1 fully saturated rings. The van der Waals surface area contributed by atoms with Crippen molar-refractivity contribution in [3.63, 3.8) is 0 Å². The van der Waals surface area contributed by atoms with Crippen LogP contribution in [0.1, 0.15) is 43.9 Å². The van der Waals surface area contributed by atoms with Crippen molar-refractivity contribution < 1.29 is 14.1 Å². The molecule has 1 aliphatic carbocycles. The molecule has 1 aliphatic rings. The van der Waals surface area contributed by atoms with Gasteiger partial charge in [-0.1, -0.05) is 24.4 Å². The smallest absolute Gasteiger partial charge is 0.292 e. The molecule has 0 spiro atoms. The second kappa shape index (κ2) is 8.14. The van der Waals surface area contributed by atoms with Crippen molar-refractivity contribution in [1.82, 2.24) is 15.1 Å². The predicted octanol–water partition coefficient (Wildman–Crippen LogP) is 2.97. The van der Waals surface area contributed by atoms with E-state index in [1.807, 2.05) is 12.1 Å². The number of aromatic nitrogens is 3. The number of hydrogen-bond donors (Lipinski definition) is 0. The number of nitrogens with zero attached hydrogens (tertiary/aromatic N) is 3. The van der Waals surface area contributed by atoms with Gasteiger partial charge < -0.3 is 9.26 Å². The van der Waals surface area contributed by atoms with Gasteiger partial charge >= 0.3 is 0 Å². The molecule has 0 aliphatic heterocycles. The van der Waals surface area contributed by atoms with E-state index in [-0.39, 0.29) is 0 Å². The molecule has 6 nitrogen and oxygen atoms in total. The number of carbonyl (C=O) groups is 1.